The Kier molecular flexibility index (Phi) is 5.72. The van der Waals surface area contributed by atoms with E-state index in [1.807, 2.05) is 29.6 Å². The van der Waals surface area contributed by atoms with Gasteiger partial charge in [0.1, 0.15) is 5.75 Å². The quantitative estimate of drug-likeness (QED) is 0.489. The number of hydrogen-bond donors (Lipinski definition) is 2. The molecule has 2 amide bonds. The third-order valence-electron chi connectivity index (χ3n) is 4.58. The number of ether oxygens (including phenoxy) is 1. The molecule has 0 aliphatic heterocycles. The maximum Gasteiger partial charge on any atom is 0.255 e. The van der Waals surface area contributed by atoms with Gasteiger partial charge in [-0.1, -0.05) is 54.6 Å². The highest BCUT2D eigenvalue weighted by molar-refractivity contribution is 7.14. The molecule has 0 unspecified atom stereocenters. The van der Waals surface area contributed by atoms with Crippen molar-refractivity contribution in [2.45, 2.75) is 0 Å². The number of methoxy groups -OCH3 is 1. The highest BCUT2D eigenvalue weighted by atomic mass is 32.1. The van der Waals surface area contributed by atoms with Gasteiger partial charge in [-0.3, -0.25) is 9.59 Å². The number of aromatic nitrogens is 1. The zero-order valence-electron chi connectivity index (χ0n) is 16.2. The van der Waals surface area contributed by atoms with E-state index in [9.17, 15) is 9.59 Å². The molecule has 4 rings (SSSR count). The Morgan fingerprint density at radius 1 is 1.00 bits per heavy atom. The molecule has 0 saturated heterocycles. The fraction of sp³-hybridized carbons (Fsp3) is 0.0870. The normalized spacial score (nSPS) is 10.6. The average molecular weight is 417 g/mol. The van der Waals surface area contributed by atoms with E-state index in [0.29, 0.717) is 16.4 Å². The second-order valence-corrected chi connectivity index (χ2v) is 7.35. The molecule has 2 N–H and O–H groups in total. The van der Waals surface area contributed by atoms with Crippen molar-refractivity contribution in [2.24, 2.45) is 0 Å². The highest BCUT2D eigenvalue weighted by Crippen LogP contribution is 2.30. The van der Waals surface area contributed by atoms with Crippen molar-refractivity contribution >= 4 is 39.1 Å². The zero-order chi connectivity index (χ0) is 20.9. The van der Waals surface area contributed by atoms with Gasteiger partial charge in [0.05, 0.1) is 24.9 Å². The number of fused-ring (bicyclic) bond motifs is 1. The lowest BCUT2D eigenvalue weighted by Gasteiger charge is -2.08. The van der Waals surface area contributed by atoms with E-state index in [0.717, 1.165) is 22.0 Å². The summed E-state index contributed by atoms with van der Waals surface area (Å²) in [5, 5.41) is 9.96. The van der Waals surface area contributed by atoms with Gasteiger partial charge >= 0.3 is 0 Å². The molecule has 6 nitrogen and oxygen atoms in total. The molecule has 0 fully saturated rings. The zero-order valence-corrected chi connectivity index (χ0v) is 17.0. The first kappa shape index (κ1) is 19.6. The van der Waals surface area contributed by atoms with Crippen molar-refractivity contribution in [1.29, 1.82) is 0 Å². The second-order valence-electron chi connectivity index (χ2n) is 6.50. The van der Waals surface area contributed by atoms with E-state index in [2.05, 4.69) is 33.8 Å². The number of anilines is 1. The summed E-state index contributed by atoms with van der Waals surface area (Å²) in [4.78, 5) is 29.1. The van der Waals surface area contributed by atoms with Crippen LogP contribution in [0, 0.1) is 0 Å². The summed E-state index contributed by atoms with van der Waals surface area (Å²) in [6.45, 7) is -0.167. The second kappa shape index (κ2) is 8.75. The van der Waals surface area contributed by atoms with Crippen molar-refractivity contribution in [2.75, 3.05) is 19.0 Å². The van der Waals surface area contributed by atoms with Crippen LogP contribution in [0.15, 0.2) is 72.1 Å². The molecule has 0 radical (unpaired) electrons. The molecule has 3 aromatic carbocycles. The number of hydrogen-bond acceptors (Lipinski definition) is 5. The van der Waals surface area contributed by atoms with Gasteiger partial charge in [0.25, 0.3) is 5.91 Å². The number of nitrogens with one attached hydrogen (secondary N) is 2. The Morgan fingerprint density at radius 2 is 1.77 bits per heavy atom. The summed E-state index contributed by atoms with van der Waals surface area (Å²) < 4.78 is 5.17. The minimum Gasteiger partial charge on any atom is -0.496 e. The van der Waals surface area contributed by atoms with Crippen molar-refractivity contribution in [3.63, 3.8) is 0 Å². The topological polar surface area (TPSA) is 80.3 Å². The van der Waals surface area contributed by atoms with Crippen molar-refractivity contribution < 1.29 is 14.3 Å². The largest absolute Gasteiger partial charge is 0.496 e. The maximum atomic E-state index is 12.3. The molecule has 30 heavy (non-hydrogen) atoms. The molecule has 0 aliphatic rings. The number of carbonyl (C=O) groups excluding carboxylic acids is 2. The summed E-state index contributed by atoms with van der Waals surface area (Å²) in [5.74, 6) is -0.273. The van der Waals surface area contributed by atoms with Crippen LogP contribution in [0.25, 0.3) is 22.0 Å². The van der Waals surface area contributed by atoms with Crippen molar-refractivity contribution in [1.82, 2.24) is 10.3 Å². The number of rotatable bonds is 6. The fourth-order valence-corrected chi connectivity index (χ4v) is 3.88. The van der Waals surface area contributed by atoms with E-state index in [4.69, 9.17) is 4.74 Å². The van der Waals surface area contributed by atoms with E-state index in [1.165, 1.54) is 18.4 Å². The van der Waals surface area contributed by atoms with Crippen LogP contribution in [-0.4, -0.2) is 30.5 Å². The molecule has 0 saturated carbocycles. The van der Waals surface area contributed by atoms with Crippen LogP contribution in [-0.2, 0) is 4.79 Å². The average Bonchev–Trinajstić information content (AvgIpc) is 3.25. The molecule has 150 valence electrons. The third kappa shape index (κ3) is 4.16. The smallest absolute Gasteiger partial charge is 0.255 e. The first-order valence-corrected chi connectivity index (χ1v) is 10.2. The monoisotopic (exact) mass is 417 g/mol. The van der Waals surface area contributed by atoms with Gasteiger partial charge in [0, 0.05) is 10.9 Å². The SMILES string of the molecule is COc1ccccc1C(=O)NCC(=O)Nc1nc(-c2cccc3ccccc23)cs1. The van der Waals surface area contributed by atoms with E-state index >= 15 is 0 Å². The number of thiazole rings is 1. The first-order chi connectivity index (χ1) is 14.7. The fourth-order valence-electron chi connectivity index (χ4n) is 3.16. The molecular formula is C23H19N3O3S. The van der Waals surface area contributed by atoms with Gasteiger partial charge in [0.2, 0.25) is 5.91 Å². The van der Waals surface area contributed by atoms with Crippen LogP contribution in [0.5, 0.6) is 5.75 Å². The predicted octanol–water partition coefficient (Wildman–Crippen LogP) is 4.34. The Bertz CT molecular complexity index is 1210. The number of amides is 2. The number of carbonyl (C=O) groups is 2. The molecule has 4 aromatic rings. The van der Waals surface area contributed by atoms with E-state index < -0.39 is 0 Å². The van der Waals surface area contributed by atoms with Crippen molar-refractivity contribution in [3.8, 4) is 17.0 Å². The van der Waals surface area contributed by atoms with E-state index in [-0.39, 0.29) is 18.4 Å². The first-order valence-electron chi connectivity index (χ1n) is 9.30. The lowest BCUT2D eigenvalue weighted by Crippen LogP contribution is -2.33. The molecule has 0 spiro atoms. The summed E-state index contributed by atoms with van der Waals surface area (Å²) in [6.07, 6.45) is 0. The molecule has 7 heteroatoms. The highest BCUT2D eigenvalue weighted by Gasteiger charge is 2.14. The van der Waals surface area contributed by atoms with Crippen LogP contribution < -0.4 is 15.4 Å². The molecular weight excluding hydrogens is 398 g/mol. The molecule has 0 atom stereocenters. The van der Waals surface area contributed by atoms with Crippen LogP contribution >= 0.6 is 11.3 Å². The minimum atomic E-state index is -0.377. The summed E-state index contributed by atoms with van der Waals surface area (Å²) >= 11 is 1.34. The third-order valence-corrected chi connectivity index (χ3v) is 5.33. The van der Waals surface area contributed by atoms with Crippen molar-refractivity contribution in [3.05, 3.63) is 77.7 Å². The molecule has 0 aliphatic carbocycles. The predicted molar refractivity (Wildman–Crippen MR) is 119 cm³/mol. The molecule has 0 bridgehead atoms. The Balaban J connectivity index is 1.41. The number of benzene rings is 3. The molecule has 1 heterocycles. The lowest BCUT2D eigenvalue weighted by atomic mass is 10.0. The molecule has 1 aromatic heterocycles. The Hall–Kier alpha value is -3.71. The summed E-state index contributed by atoms with van der Waals surface area (Å²) in [6, 6.07) is 21.0. The van der Waals surface area contributed by atoms with Gasteiger partial charge < -0.3 is 15.4 Å². The van der Waals surface area contributed by atoms with Crippen LogP contribution in [0.1, 0.15) is 10.4 Å². The minimum absolute atomic E-state index is 0.167. The standard InChI is InChI=1S/C23H19N3O3S/c1-29-20-12-5-4-10-18(20)22(28)24-13-21(27)26-23-25-19(14-30-23)17-11-6-8-15-7-2-3-9-16(15)17/h2-12,14H,13H2,1H3,(H,24,28)(H,25,26,27). The van der Waals surface area contributed by atoms with Gasteiger partial charge in [0.15, 0.2) is 5.13 Å². The summed E-state index contributed by atoms with van der Waals surface area (Å²) in [7, 11) is 1.49. The lowest BCUT2D eigenvalue weighted by molar-refractivity contribution is -0.115. The van der Waals surface area contributed by atoms with E-state index in [1.54, 1.807) is 24.3 Å². The van der Waals surface area contributed by atoms with Gasteiger partial charge in [-0.15, -0.1) is 11.3 Å². The van der Waals surface area contributed by atoms with Gasteiger partial charge in [-0.05, 0) is 22.9 Å². The summed E-state index contributed by atoms with van der Waals surface area (Å²) in [5.41, 5.74) is 2.18. The maximum absolute atomic E-state index is 12.3. The van der Waals surface area contributed by atoms with Crippen LogP contribution in [0.4, 0.5) is 5.13 Å². The number of nitrogens with zero attached hydrogens (tertiary/aromatic N) is 1. The number of para-hydroxylation sites is 1. The van der Waals surface area contributed by atoms with Gasteiger partial charge in [-0.25, -0.2) is 4.98 Å². The Labute approximate surface area is 177 Å². The van der Waals surface area contributed by atoms with Gasteiger partial charge in [-0.2, -0.15) is 0 Å². The Morgan fingerprint density at radius 3 is 2.63 bits per heavy atom. The van der Waals surface area contributed by atoms with Crippen LogP contribution in [0.2, 0.25) is 0 Å². The van der Waals surface area contributed by atoms with Crippen LogP contribution in [0.3, 0.4) is 0 Å².